The fourth-order valence-electron chi connectivity index (χ4n) is 3.83. The minimum Gasteiger partial charge on any atom is -0.436 e. The number of benzene rings is 1. The Hall–Kier alpha value is -2.46. The van der Waals surface area contributed by atoms with Crippen LogP contribution in [0.2, 0.25) is 10.0 Å². The Morgan fingerprint density at radius 1 is 1.00 bits per heavy atom. The molecule has 1 saturated heterocycles. The highest BCUT2D eigenvalue weighted by atomic mass is 35.5. The summed E-state index contributed by atoms with van der Waals surface area (Å²) < 4.78 is 28.5. The van der Waals surface area contributed by atoms with E-state index in [-0.39, 0.29) is 5.75 Å². The third kappa shape index (κ3) is 7.51. The molecule has 35 heavy (non-hydrogen) atoms. The predicted molar refractivity (Wildman–Crippen MR) is 139 cm³/mol. The molecule has 1 aliphatic heterocycles. The van der Waals surface area contributed by atoms with Gasteiger partial charge in [0.05, 0.1) is 23.8 Å². The molecule has 11 heteroatoms. The average molecular weight is 535 g/mol. The molecule has 1 aromatic carbocycles. The highest BCUT2D eigenvalue weighted by Gasteiger charge is 2.19. The van der Waals surface area contributed by atoms with E-state index in [4.69, 9.17) is 27.9 Å². The lowest BCUT2D eigenvalue weighted by molar-refractivity contribution is 0.257. The van der Waals surface area contributed by atoms with Gasteiger partial charge in [-0.15, -0.1) is 0 Å². The van der Waals surface area contributed by atoms with Crippen LogP contribution in [-0.4, -0.2) is 73.0 Å². The molecule has 0 bridgehead atoms. The van der Waals surface area contributed by atoms with Gasteiger partial charge in [-0.05, 0) is 49.7 Å². The van der Waals surface area contributed by atoms with Crippen LogP contribution in [0.3, 0.4) is 0 Å². The van der Waals surface area contributed by atoms with Crippen molar-refractivity contribution in [3.63, 3.8) is 0 Å². The van der Waals surface area contributed by atoms with Gasteiger partial charge in [0.25, 0.3) is 0 Å². The minimum atomic E-state index is -2.92. The molecule has 0 saturated carbocycles. The van der Waals surface area contributed by atoms with Gasteiger partial charge in [-0.1, -0.05) is 23.2 Å². The lowest BCUT2D eigenvalue weighted by Crippen LogP contribution is -2.47. The summed E-state index contributed by atoms with van der Waals surface area (Å²) in [4.78, 5) is 17.8. The van der Waals surface area contributed by atoms with Crippen LogP contribution in [0.1, 0.15) is 12.0 Å². The van der Waals surface area contributed by atoms with Crippen LogP contribution >= 0.6 is 23.2 Å². The summed E-state index contributed by atoms with van der Waals surface area (Å²) in [6.45, 7) is 8.00. The second-order valence-electron chi connectivity index (χ2n) is 8.49. The molecule has 1 radical (unpaired) electrons. The zero-order valence-corrected chi connectivity index (χ0v) is 21.7. The van der Waals surface area contributed by atoms with Crippen LogP contribution in [0, 0.1) is 6.92 Å². The summed E-state index contributed by atoms with van der Waals surface area (Å²) >= 11 is 12.3. The zero-order chi connectivity index (χ0) is 25.0. The summed E-state index contributed by atoms with van der Waals surface area (Å²) in [5.41, 5.74) is 2.14. The van der Waals surface area contributed by atoms with Crippen LogP contribution in [0.4, 0.5) is 5.95 Å². The molecule has 0 aliphatic carbocycles. The molecule has 0 N–H and O–H groups in total. The summed E-state index contributed by atoms with van der Waals surface area (Å²) in [6, 6.07) is 8.78. The Labute approximate surface area is 215 Å². The summed E-state index contributed by atoms with van der Waals surface area (Å²) in [5.74, 6) is 1.67. The molecule has 4 rings (SSSR count). The minimum absolute atomic E-state index is 0.220. The van der Waals surface area contributed by atoms with E-state index in [0.717, 1.165) is 43.9 Å². The first-order chi connectivity index (χ1) is 16.6. The number of aromatic nitrogens is 3. The van der Waals surface area contributed by atoms with Gasteiger partial charge < -0.3 is 9.64 Å². The summed E-state index contributed by atoms with van der Waals surface area (Å²) in [7, 11) is -2.92. The second kappa shape index (κ2) is 11.1. The maximum atomic E-state index is 11.3. The number of pyridine rings is 1. The van der Waals surface area contributed by atoms with Crippen molar-refractivity contribution in [3.8, 4) is 22.9 Å². The molecule has 0 unspecified atom stereocenters. The SMILES string of the molecule is [CH2]c1cc(Oc2cnc(N3CCN(CCCS(C)(=O)=O)CC3)nc2)nc(-c2cc(Cl)cc(Cl)c2)c1. The molecule has 0 amide bonds. The smallest absolute Gasteiger partial charge is 0.225 e. The number of hydrogen-bond donors (Lipinski definition) is 0. The van der Waals surface area contributed by atoms with Gasteiger partial charge in [0.2, 0.25) is 11.8 Å². The maximum Gasteiger partial charge on any atom is 0.225 e. The number of halogens is 2. The Bertz CT molecular complexity index is 1260. The van der Waals surface area contributed by atoms with Gasteiger partial charge >= 0.3 is 0 Å². The van der Waals surface area contributed by atoms with Gasteiger partial charge in [0.1, 0.15) is 9.84 Å². The second-order valence-corrected chi connectivity index (χ2v) is 11.6. The van der Waals surface area contributed by atoms with Crippen molar-refractivity contribution in [2.24, 2.45) is 0 Å². The standard InChI is InChI=1S/C24H26Cl2N5O3S/c1-17-10-22(18-12-19(25)14-20(26)13-18)29-23(11-17)34-21-15-27-24(28-16-21)31-7-5-30(6-8-31)4-3-9-35(2,32)33/h10-16H,1,3-9H2,2H3. The number of ether oxygens (including phenoxy) is 1. The van der Waals surface area contributed by atoms with E-state index in [0.29, 0.717) is 39.7 Å². The quantitative estimate of drug-likeness (QED) is 0.420. The van der Waals surface area contributed by atoms with Crippen molar-refractivity contribution < 1.29 is 13.2 Å². The molecule has 1 aliphatic rings. The number of piperazine rings is 1. The van der Waals surface area contributed by atoms with E-state index in [1.54, 1.807) is 36.7 Å². The van der Waals surface area contributed by atoms with Gasteiger partial charge in [0.15, 0.2) is 5.75 Å². The third-order valence-corrected chi connectivity index (χ3v) is 6.97. The normalized spacial score (nSPS) is 14.8. The van der Waals surface area contributed by atoms with Crippen molar-refractivity contribution >= 4 is 39.0 Å². The summed E-state index contributed by atoms with van der Waals surface area (Å²) in [5, 5.41) is 1.04. The van der Waals surface area contributed by atoms with E-state index >= 15 is 0 Å². The molecule has 3 heterocycles. The lowest BCUT2D eigenvalue weighted by atomic mass is 10.1. The lowest BCUT2D eigenvalue weighted by Gasteiger charge is -2.34. The van der Waals surface area contributed by atoms with E-state index in [1.165, 1.54) is 6.26 Å². The van der Waals surface area contributed by atoms with Gasteiger partial charge in [0, 0.05) is 54.1 Å². The van der Waals surface area contributed by atoms with Crippen molar-refractivity contribution in [3.05, 3.63) is 65.3 Å². The van der Waals surface area contributed by atoms with Crippen molar-refractivity contribution in [2.45, 2.75) is 6.42 Å². The Morgan fingerprint density at radius 3 is 2.29 bits per heavy atom. The average Bonchev–Trinajstić information content (AvgIpc) is 2.78. The molecule has 1 fully saturated rings. The van der Waals surface area contributed by atoms with E-state index in [9.17, 15) is 8.42 Å². The third-order valence-electron chi connectivity index (χ3n) is 5.50. The number of anilines is 1. The fraction of sp³-hybridized carbons (Fsp3) is 0.333. The van der Waals surface area contributed by atoms with Crippen LogP contribution in [-0.2, 0) is 9.84 Å². The van der Waals surface area contributed by atoms with Crippen LogP contribution < -0.4 is 9.64 Å². The predicted octanol–water partition coefficient (Wildman–Crippen LogP) is 4.38. The number of nitrogens with zero attached hydrogens (tertiary/aromatic N) is 5. The van der Waals surface area contributed by atoms with Gasteiger partial charge in [-0.25, -0.2) is 23.4 Å². The molecule has 0 atom stereocenters. The molecular weight excluding hydrogens is 509 g/mol. The Balaban J connectivity index is 1.36. The first-order valence-corrected chi connectivity index (χ1v) is 13.9. The number of hydrogen-bond acceptors (Lipinski definition) is 8. The highest BCUT2D eigenvalue weighted by molar-refractivity contribution is 7.90. The monoisotopic (exact) mass is 534 g/mol. The first-order valence-electron chi connectivity index (χ1n) is 11.1. The molecule has 8 nitrogen and oxygen atoms in total. The van der Waals surface area contributed by atoms with Gasteiger partial charge in [-0.3, -0.25) is 4.90 Å². The zero-order valence-electron chi connectivity index (χ0n) is 19.3. The van der Waals surface area contributed by atoms with Crippen LogP contribution in [0.25, 0.3) is 11.3 Å². The van der Waals surface area contributed by atoms with E-state index < -0.39 is 9.84 Å². The topological polar surface area (TPSA) is 88.5 Å². The molecular formula is C24H26Cl2N5O3S. The number of sulfone groups is 1. The van der Waals surface area contributed by atoms with Crippen LogP contribution in [0.15, 0.2) is 42.7 Å². The Morgan fingerprint density at radius 2 is 1.66 bits per heavy atom. The van der Waals surface area contributed by atoms with E-state index in [2.05, 4.69) is 31.7 Å². The van der Waals surface area contributed by atoms with Crippen LogP contribution in [0.5, 0.6) is 11.6 Å². The first kappa shape index (κ1) is 25.6. The molecule has 3 aromatic rings. The fourth-order valence-corrected chi connectivity index (χ4v) is 5.01. The largest absolute Gasteiger partial charge is 0.436 e. The molecule has 185 valence electrons. The van der Waals surface area contributed by atoms with Crippen molar-refractivity contribution in [1.82, 2.24) is 19.9 Å². The van der Waals surface area contributed by atoms with Crippen molar-refractivity contribution in [1.29, 1.82) is 0 Å². The molecule has 2 aromatic heterocycles. The Kier molecular flexibility index (Phi) is 8.11. The highest BCUT2D eigenvalue weighted by Crippen LogP contribution is 2.29. The van der Waals surface area contributed by atoms with E-state index in [1.807, 2.05) is 6.07 Å². The number of rotatable bonds is 8. The molecule has 0 spiro atoms. The van der Waals surface area contributed by atoms with Crippen molar-refractivity contribution in [2.75, 3.05) is 49.6 Å². The van der Waals surface area contributed by atoms with Gasteiger partial charge in [-0.2, -0.15) is 0 Å². The summed E-state index contributed by atoms with van der Waals surface area (Å²) in [6.07, 6.45) is 5.16. The maximum absolute atomic E-state index is 11.3.